The molecule has 1 aromatic carbocycles. The third-order valence-corrected chi connectivity index (χ3v) is 1.67. The first-order chi connectivity index (χ1) is 6.99. The van der Waals surface area contributed by atoms with Gasteiger partial charge >= 0.3 is 0 Å². The second kappa shape index (κ2) is 4.86. The molecule has 5 N–H and O–H groups in total. The van der Waals surface area contributed by atoms with Crippen LogP contribution in [-0.4, -0.2) is 22.7 Å². The number of aliphatic hydroxyl groups is 2. The summed E-state index contributed by atoms with van der Waals surface area (Å²) in [4.78, 5) is 0. The molecule has 0 radical (unpaired) electrons. The van der Waals surface area contributed by atoms with Gasteiger partial charge in [0.25, 0.3) is 0 Å². The van der Waals surface area contributed by atoms with Gasteiger partial charge in [-0.15, -0.1) is 0 Å². The van der Waals surface area contributed by atoms with E-state index in [0.29, 0.717) is 17.1 Å². The zero-order chi connectivity index (χ0) is 11.4. The van der Waals surface area contributed by atoms with E-state index in [4.69, 9.17) is 15.6 Å². The van der Waals surface area contributed by atoms with Gasteiger partial charge in [0.2, 0.25) is 0 Å². The Bertz CT molecular complexity index is 326. The monoisotopic (exact) mass is 212 g/mol. The molecule has 0 aliphatic heterocycles. The summed E-state index contributed by atoms with van der Waals surface area (Å²) in [5.41, 5.74) is 6.69. The zero-order valence-corrected chi connectivity index (χ0v) is 8.77. The molecular formula is C10H16N2O3. The van der Waals surface area contributed by atoms with Crippen molar-refractivity contribution in [2.75, 3.05) is 11.1 Å². The fourth-order valence-electron chi connectivity index (χ4n) is 1.17. The summed E-state index contributed by atoms with van der Waals surface area (Å²) in [6, 6.07) is 4.92. The molecule has 5 heteroatoms. The molecule has 15 heavy (non-hydrogen) atoms. The Kier molecular flexibility index (Phi) is 3.76. The van der Waals surface area contributed by atoms with Crippen LogP contribution in [0.1, 0.15) is 13.8 Å². The normalized spacial score (nSPS) is 14.4. The third-order valence-electron chi connectivity index (χ3n) is 1.67. The van der Waals surface area contributed by atoms with Gasteiger partial charge in [-0.25, -0.2) is 0 Å². The van der Waals surface area contributed by atoms with E-state index in [1.807, 2.05) is 0 Å². The predicted molar refractivity (Wildman–Crippen MR) is 58.5 cm³/mol. The smallest absolute Gasteiger partial charge is 0.194 e. The molecule has 0 bridgehead atoms. The summed E-state index contributed by atoms with van der Waals surface area (Å²) in [5, 5.41) is 21.0. The first-order valence-electron chi connectivity index (χ1n) is 4.68. The van der Waals surface area contributed by atoms with E-state index in [9.17, 15) is 5.11 Å². The number of hydrogen-bond acceptors (Lipinski definition) is 5. The van der Waals surface area contributed by atoms with Gasteiger partial charge in [-0.05, 0) is 32.0 Å². The van der Waals surface area contributed by atoms with Crippen LogP contribution >= 0.6 is 0 Å². The van der Waals surface area contributed by atoms with Crippen molar-refractivity contribution >= 4 is 11.4 Å². The van der Waals surface area contributed by atoms with Crippen molar-refractivity contribution in [2.45, 2.75) is 26.4 Å². The highest BCUT2D eigenvalue weighted by Crippen LogP contribution is 2.27. The third kappa shape index (κ3) is 3.65. The van der Waals surface area contributed by atoms with Crippen molar-refractivity contribution in [3.63, 3.8) is 0 Å². The Labute approximate surface area is 88.5 Å². The number of nitrogens with one attached hydrogen (secondary N) is 1. The van der Waals surface area contributed by atoms with Crippen molar-refractivity contribution < 1.29 is 14.9 Å². The van der Waals surface area contributed by atoms with E-state index in [-0.39, 0.29) is 0 Å². The standard InChI is InChI=1S/C10H16N2O3/c1-6(13)12-9-5-8(11)3-4-10(9)15-7(2)14/h3-7,12-14H,11H2,1-2H3. The van der Waals surface area contributed by atoms with E-state index in [0.717, 1.165) is 0 Å². The summed E-state index contributed by atoms with van der Waals surface area (Å²) in [5.74, 6) is 0.445. The van der Waals surface area contributed by atoms with Crippen LogP contribution in [0.2, 0.25) is 0 Å². The minimum atomic E-state index is -0.914. The van der Waals surface area contributed by atoms with Crippen LogP contribution < -0.4 is 15.8 Å². The molecule has 1 aromatic rings. The Morgan fingerprint density at radius 1 is 1.33 bits per heavy atom. The Morgan fingerprint density at radius 2 is 2.00 bits per heavy atom. The van der Waals surface area contributed by atoms with Crippen molar-refractivity contribution in [1.29, 1.82) is 0 Å². The van der Waals surface area contributed by atoms with Gasteiger partial charge in [0.05, 0.1) is 5.69 Å². The van der Waals surface area contributed by atoms with Gasteiger partial charge in [0, 0.05) is 5.69 Å². The number of ether oxygens (including phenoxy) is 1. The topological polar surface area (TPSA) is 87.7 Å². The molecule has 0 aromatic heterocycles. The first-order valence-corrected chi connectivity index (χ1v) is 4.68. The van der Waals surface area contributed by atoms with Crippen LogP contribution in [0.4, 0.5) is 11.4 Å². The maximum Gasteiger partial charge on any atom is 0.194 e. The number of benzene rings is 1. The molecule has 0 saturated carbocycles. The summed E-state index contributed by atoms with van der Waals surface area (Å²) in [6.45, 7) is 3.08. The number of hydrogen-bond donors (Lipinski definition) is 4. The molecule has 0 spiro atoms. The van der Waals surface area contributed by atoms with E-state index >= 15 is 0 Å². The first kappa shape index (κ1) is 11.6. The van der Waals surface area contributed by atoms with Crippen LogP contribution in [0, 0.1) is 0 Å². The SMILES string of the molecule is CC(O)Nc1cc(N)ccc1OC(C)O. The lowest BCUT2D eigenvalue weighted by Gasteiger charge is -2.16. The molecule has 0 aliphatic rings. The molecule has 2 atom stereocenters. The largest absolute Gasteiger partial charge is 0.463 e. The molecule has 0 fully saturated rings. The molecule has 1 rings (SSSR count). The maximum absolute atomic E-state index is 9.19. The number of anilines is 2. The summed E-state index contributed by atoms with van der Waals surface area (Å²) in [7, 11) is 0. The average Bonchev–Trinajstić information content (AvgIpc) is 2.08. The maximum atomic E-state index is 9.19. The number of nitrogen functional groups attached to an aromatic ring is 1. The van der Waals surface area contributed by atoms with Gasteiger partial charge in [0.15, 0.2) is 6.29 Å². The lowest BCUT2D eigenvalue weighted by atomic mass is 10.2. The summed E-state index contributed by atoms with van der Waals surface area (Å²) >= 11 is 0. The minimum absolute atomic E-state index is 0.445. The van der Waals surface area contributed by atoms with Gasteiger partial charge in [-0.1, -0.05) is 0 Å². The number of aliphatic hydroxyl groups excluding tert-OH is 2. The molecule has 0 saturated heterocycles. The fraction of sp³-hybridized carbons (Fsp3) is 0.400. The van der Waals surface area contributed by atoms with Crippen molar-refractivity contribution in [3.05, 3.63) is 18.2 Å². The quantitative estimate of drug-likeness (QED) is 0.436. The molecule has 0 aliphatic carbocycles. The van der Waals surface area contributed by atoms with Gasteiger partial charge in [-0.2, -0.15) is 0 Å². The lowest BCUT2D eigenvalue weighted by Crippen LogP contribution is -2.16. The van der Waals surface area contributed by atoms with Crippen molar-refractivity contribution in [1.82, 2.24) is 0 Å². The Hall–Kier alpha value is -1.46. The second-order valence-electron chi connectivity index (χ2n) is 3.29. The lowest BCUT2D eigenvalue weighted by molar-refractivity contribution is 0.0000803. The molecule has 0 amide bonds. The van der Waals surface area contributed by atoms with E-state index in [2.05, 4.69) is 5.32 Å². The molecular weight excluding hydrogens is 196 g/mol. The second-order valence-corrected chi connectivity index (χ2v) is 3.29. The van der Waals surface area contributed by atoms with Crippen molar-refractivity contribution in [2.24, 2.45) is 0 Å². The average molecular weight is 212 g/mol. The van der Waals surface area contributed by atoms with Crippen LogP contribution in [0.5, 0.6) is 5.75 Å². The van der Waals surface area contributed by atoms with Gasteiger partial charge in [0.1, 0.15) is 12.0 Å². The van der Waals surface area contributed by atoms with E-state index in [1.54, 1.807) is 25.1 Å². The zero-order valence-electron chi connectivity index (χ0n) is 8.77. The highest BCUT2D eigenvalue weighted by molar-refractivity contribution is 5.63. The van der Waals surface area contributed by atoms with Crippen LogP contribution in [0.15, 0.2) is 18.2 Å². The van der Waals surface area contributed by atoms with Crippen molar-refractivity contribution in [3.8, 4) is 5.75 Å². The Morgan fingerprint density at radius 3 is 2.53 bits per heavy atom. The van der Waals surface area contributed by atoms with Crippen LogP contribution in [0.25, 0.3) is 0 Å². The summed E-state index contributed by atoms with van der Waals surface area (Å²) < 4.78 is 5.13. The van der Waals surface area contributed by atoms with E-state index in [1.165, 1.54) is 6.92 Å². The highest BCUT2D eigenvalue weighted by atomic mass is 16.6. The molecule has 2 unspecified atom stereocenters. The Balaban J connectivity index is 2.92. The molecule has 0 heterocycles. The van der Waals surface area contributed by atoms with E-state index < -0.39 is 12.5 Å². The summed E-state index contributed by atoms with van der Waals surface area (Å²) in [6.07, 6.45) is -1.63. The van der Waals surface area contributed by atoms with Gasteiger partial charge < -0.3 is 26.0 Å². The predicted octanol–water partition coefficient (Wildman–Crippen LogP) is 0.736. The molecule has 84 valence electrons. The molecule has 5 nitrogen and oxygen atoms in total. The number of nitrogens with two attached hydrogens (primary N) is 1. The van der Waals surface area contributed by atoms with Gasteiger partial charge in [-0.3, -0.25) is 0 Å². The van der Waals surface area contributed by atoms with Crippen LogP contribution in [-0.2, 0) is 0 Å². The fourth-order valence-corrected chi connectivity index (χ4v) is 1.17. The highest BCUT2D eigenvalue weighted by Gasteiger charge is 2.08. The van der Waals surface area contributed by atoms with Crippen LogP contribution in [0.3, 0.4) is 0 Å². The number of rotatable bonds is 4. The minimum Gasteiger partial charge on any atom is -0.463 e.